The van der Waals surface area contributed by atoms with Gasteiger partial charge in [-0.3, -0.25) is 0 Å². The average molecular weight is 779 g/mol. The lowest BCUT2D eigenvalue weighted by atomic mass is 9.72. The maximum absolute atomic E-state index is 2.47. The van der Waals surface area contributed by atoms with E-state index in [0.29, 0.717) is 5.92 Å². The average Bonchev–Trinajstić information content (AvgIpc) is 3.93. The molecule has 0 saturated carbocycles. The number of para-hydroxylation sites is 3. The summed E-state index contributed by atoms with van der Waals surface area (Å²) in [5, 5.41) is 7.74. The van der Waals surface area contributed by atoms with E-state index in [0.717, 1.165) is 12.8 Å². The van der Waals surface area contributed by atoms with Crippen LogP contribution >= 0.6 is 11.3 Å². The molecule has 286 valence electrons. The molecule has 3 heteroatoms. The van der Waals surface area contributed by atoms with Gasteiger partial charge in [-0.25, -0.2) is 0 Å². The highest BCUT2D eigenvalue weighted by atomic mass is 32.1. The van der Waals surface area contributed by atoms with E-state index in [1.165, 1.54) is 103 Å². The fourth-order valence-electron chi connectivity index (χ4n) is 9.96. The van der Waals surface area contributed by atoms with Crippen molar-refractivity contribution in [3.63, 3.8) is 0 Å². The topological polar surface area (TPSA) is 9.86 Å². The second-order valence-electron chi connectivity index (χ2n) is 16.9. The van der Waals surface area contributed by atoms with Gasteiger partial charge in [-0.2, -0.15) is 0 Å². The molecule has 11 rings (SSSR count). The van der Waals surface area contributed by atoms with Gasteiger partial charge >= 0.3 is 0 Å². The fraction of sp³-hybridized carbons (Fsp3) is 0.143. The van der Waals surface area contributed by atoms with Gasteiger partial charge in [0.25, 0.3) is 0 Å². The Morgan fingerprint density at radius 1 is 0.424 bits per heavy atom. The minimum atomic E-state index is 0.235. The van der Waals surface area contributed by atoms with Crippen LogP contribution in [0.15, 0.2) is 176 Å². The molecule has 0 radical (unpaired) electrons. The van der Waals surface area contributed by atoms with Crippen molar-refractivity contribution in [1.82, 2.24) is 9.13 Å². The van der Waals surface area contributed by atoms with E-state index in [4.69, 9.17) is 0 Å². The lowest BCUT2D eigenvalue weighted by molar-refractivity contribution is 0.267. The zero-order chi connectivity index (χ0) is 39.8. The van der Waals surface area contributed by atoms with Gasteiger partial charge in [-0.05, 0) is 124 Å². The highest BCUT2D eigenvalue weighted by Crippen LogP contribution is 2.43. The van der Waals surface area contributed by atoms with E-state index in [-0.39, 0.29) is 5.41 Å². The van der Waals surface area contributed by atoms with E-state index in [1.807, 2.05) is 11.3 Å². The lowest BCUT2D eigenvalue weighted by Crippen LogP contribution is -2.21. The van der Waals surface area contributed by atoms with Crippen molar-refractivity contribution in [2.24, 2.45) is 5.41 Å². The Morgan fingerprint density at radius 3 is 1.44 bits per heavy atom. The van der Waals surface area contributed by atoms with Crippen molar-refractivity contribution < 1.29 is 0 Å². The maximum atomic E-state index is 2.47. The molecule has 0 aliphatic carbocycles. The summed E-state index contributed by atoms with van der Waals surface area (Å²) >= 11 is 1.88. The van der Waals surface area contributed by atoms with Crippen LogP contribution in [0, 0.1) is 5.41 Å². The molecule has 0 N–H and O–H groups in total. The standard InChI is InChI=1S/C56H46N2S/c1-5-49(56(3,4)6-2)40-16-14-18-42(32-40)58-52-24-12-9-21-45(52)46-33-37(25-28-53(46)58)39-27-30-55-48(35-39)47-34-38(26-29-54(47)59-55)36-15-13-17-41(31-36)57-50-22-10-7-19-43(50)44-20-8-11-23-51(44)57/h7-35,49H,5-6H2,1-4H3. The summed E-state index contributed by atoms with van der Waals surface area (Å²) in [6.07, 6.45) is 2.28. The molecule has 8 aromatic carbocycles. The third-order valence-electron chi connectivity index (χ3n) is 13.3. The number of hydrogen-bond acceptors (Lipinski definition) is 1. The SMILES string of the molecule is CCC(c1cccc(-n2c3ccccc3c3cc(-c4ccc5sc6ccc(-c7cccc(-n8c9ccccc9c9ccccc98)c7)cc6c5c4)ccc32)c1)C(C)(C)CC. The number of nitrogens with zero attached hydrogens (tertiary/aromatic N) is 2. The molecule has 1 unspecified atom stereocenters. The molecule has 0 aliphatic rings. The first-order valence-electron chi connectivity index (χ1n) is 21.1. The van der Waals surface area contributed by atoms with Gasteiger partial charge in [0.15, 0.2) is 0 Å². The molecule has 0 fully saturated rings. The zero-order valence-electron chi connectivity index (χ0n) is 34.0. The number of benzene rings is 8. The van der Waals surface area contributed by atoms with E-state index < -0.39 is 0 Å². The van der Waals surface area contributed by atoms with Crippen molar-refractivity contribution >= 4 is 75.1 Å². The summed E-state index contributed by atoms with van der Waals surface area (Å²) in [6, 6.07) is 65.8. The third-order valence-corrected chi connectivity index (χ3v) is 14.4. The number of hydrogen-bond donors (Lipinski definition) is 0. The first-order chi connectivity index (χ1) is 28.9. The molecule has 2 nitrogen and oxygen atoms in total. The van der Waals surface area contributed by atoms with Crippen LogP contribution in [0.2, 0.25) is 0 Å². The van der Waals surface area contributed by atoms with Crippen LogP contribution in [0.4, 0.5) is 0 Å². The summed E-state index contributed by atoms with van der Waals surface area (Å²) in [4.78, 5) is 0. The molecule has 0 bridgehead atoms. The van der Waals surface area contributed by atoms with E-state index in [9.17, 15) is 0 Å². The van der Waals surface area contributed by atoms with Gasteiger partial charge in [0.2, 0.25) is 0 Å². The summed E-state index contributed by atoms with van der Waals surface area (Å²) in [5.41, 5.74) is 13.9. The summed E-state index contributed by atoms with van der Waals surface area (Å²) in [7, 11) is 0. The predicted octanol–water partition coefficient (Wildman–Crippen LogP) is 16.5. The molecular formula is C56H46N2S. The van der Waals surface area contributed by atoms with Crippen molar-refractivity contribution in [3.05, 3.63) is 181 Å². The number of rotatable bonds is 8. The smallest absolute Gasteiger partial charge is 0.0541 e. The summed E-state index contributed by atoms with van der Waals surface area (Å²) < 4.78 is 7.50. The Kier molecular flexibility index (Phi) is 8.39. The van der Waals surface area contributed by atoms with E-state index in [1.54, 1.807) is 0 Å². The molecule has 0 spiro atoms. The quantitative estimate of drug-likeness (QED) is 0.145. The third kappa shape index (κ3) is 5.74. The molecule has 59 heavy (non-hydrogen) atoms. The van der Waals surface area contributed by atoms with Crippen LogP contribution in [-0.2, 0) is 0 Å². The largest absolute Gasteiger partial charge is 0.309 e. The van der Waals surface area contributed by atoms with Gasteiger partial charge in [0.1, 0.15) is 0 Å². The molecule has 3 heterocycles. The van der Waals surface area contributed by atoms with Crippen LogP contribution in [0.25, 0.3) is 97.4 Å². The molecule has 1 atom stereocenters. The Hall–Kier alpha value is -6.42. The van der Waals surface area contributed by atoms with Crippen LogP contribution in [0.3, 0.4) is 0 Å². The van der Waals surface area contributed by atoms with Gasteiger partial charge in [0, 0.05) is 53.1 Å². The molecule has 0 aliphatic heterocycles. The second-order valence-corrected chi connectivity index (χ2v) is 18.0. The van der Waals surface area contributed by atoms with Crippen molar-refractivity contribution in [2.45, 2.75) is 46.5 Å². The Balaban J connectivity index is 0.999. The lowest BCUT2D eigenvalue weighted by Gasteiger charge is -2.33. The van der Waals surface area contributed by atoms with Crippen molar-refractivity contribution in [3.8, 4) is 33.6 Å². The minimum Gasteiger partial charge on any atom is -0.309 e. The number of fused-ring (bicyclic) bond motifs is 9. The van der Waals surface area contributed by atoms with Crippen LogP contribution in [0.1, 0.15) is 52.0 Å². The molecule has 3 aromatic heterocycles. The maximum Gasteiger partial charge on any atom is 0.0541 e. The summed E-state index contributed by atoms with van der Waals surface area (Å²) in [5.74, 6) is 0.503. The number of aromatic nitrogens is 2. The van der Waals surface area contributed by atoms with Crippen molar-refractivity contribution in [1.29, 1.82) is 0 Å². The Labute approximate surface area is 349 Å². The number of thiophene rings is 1. The van der Waals surface area contributed by atoms with Gasteiger partial charge < -0.3 is 9.13 Å². The normalized spacial score (nSPS) is 12.8. The first kappa shape index (κ1) is 35.7. The monoisotopic (exact) mass is 778 g/mol. The molecule has 11 aromatic rings. The molecule has 0 saturated heterocycles. The van der Waals surface area contributed by atoms with E-state index in [2.05, 4.69) is 213 Å². The fourth-order valence-corrected chi connectivity index (χ4v) is 11.0. The minimum absolute atomic E-state index is 0.235. The van der Waals surface area contributed by atoms with Crippen molar-refractivity contribution in [2.75, 3.05) is 0 Å². The van der Waals surface area contributed by atoms with Crippen LogP contribution in [0.5, 0.6) is 0 Å². The Morgan fingerprint density at radius 2 is 0.881 bits per heavy atom. The zero-order valence-corrected chi connectivity index (χ0v) is 34.9. The molecule has 0 amide bonds. The van der Waals surface area contributed by atoms with E-state index >= 15 is 0 Å². The Bertz CT molecular complexity index is 3350. The van der Waals surface area contributed by atoms with Gasteiger partial charge in [-0.15, -0.1) is 11.3 Å². The van der Waals surface area contributed by atoms with Gasteiger partial charge in [0.05, 0.1) is 22.1 Å². The highest BCUT2D eigenvalue weighted by molar-refractivity contribution is 7.25. The predicted molar refractivity (Wildman–Crippen MR) is 256 cm³/mol. The second kappa shape index (κ2) is 13.9. The van der Waals surface area contributed by atoms with Gasteiger partial charge in [-0.1, -0.05) is 131 Å². The summed E-state index contributed by atoms with van der Waals surface area (Å²) in [6.45, 7) is 9.48. The molecular weight excluding hydrogens is 733 g/mol. The highest BCUT2D eigenvalue weighted by Gasteiger charge is 2.28. The van der Waals surface area contributed by atoms with Crippen LogP contribution < -0.4 is 0 Å². The van der Waals surface area contributed by atoms with Crippen LogP contribution in [-0.4, -0.2) is 9.13 Å². The first-order valence-corrected chi connectivity index (χ1v) is 21.9.